The summed E-state index contributed by atoms with van der Waals surface area (Å²) in [5.74, 6) is -0.680. The molecule has 1 N–H and O–H groups in total. The first-order valence-electron chi connectivity index (χ1n) is 7.78. The van der Waals surface area contributed by atoms with Crippen LogP contribution in [0.25, 0.3) is 0 Å². The Morgan fingerprint density at radius 2 is 2.15 bits per heavy atom. The normalized spacial score (nSPS) is 43.0. The molecule has 20 heavy (non-hydrogen) atoms. The summed E-state index contributed by atoms with van der Waals surface area (Å²) in [6, 6.07) is 0.312. The monoisotopic (exact) mass is 283 g/mol. The lowest BCUT2D eigenvalue weighted by molar-refractivity contribution is -0.163. The number of piperidine rings is 1. The predicted molar refractivity (Wildman–Crippen MR) is 73.7 cm³/mol. The van der Waals surface area contributed by atoms with E-state index in [2.05, 4.69) is 4.90 Å². The van der Waals surface area contributed by atoms with E-state index < -0.39 is 11.5 Å². The number of carboxylic acid groups (broad SMARTS) is 1. The second kappa shape index (κ2) is 5.28. The Kier molecular flexibility index (Phi) is 3.77. The van der Waals surface area contributed by atoms with Crippen LogP contribution in [0.5, 0.6) is 0 Å². The lowest BCUT2D eigenvalue weighted by atomic mass is 9.82. The minimum absolute atomic E-state index is 0.153. The summed E-state index contributed by atoms with van der Waals surface area (Å²) in [7, 11) is 0. The Morgan fingerprint density at radius 1 is 1.30 bits per heavy atom. The van der Waals surface area contributed by atoms with Crippen LogP contribution >= 0.6 is 0 Å². The first kappa shape index (κ1) is 14.3. The van der Waals surface area contributed by atoms with Gasteiger partial charge in [-0.2, -0.15) is 0 Å². The van der Waals surface area contributed by atoms with Gasteiger partial charge in [0.25, 0.3) is 0 Å². The van der Waals surface area contributed by atoms with Crippen LogP contribution < -0.4 is 0 Å². The highest BCUT2D eigenvalue weighted by Gasteiger charge is 2.49. The first-order valence-corrected chi connectivity index (χ1v) is 7.78. The molecule has 0 saturated carbocycles. The third-order valence-electron chi connectivity index (χ3n) is 5.38. The van der Waals surface area contributed by atoms with Crippen LogP contribution in [0, 0.1) is 0 Å². The topological polar surface area (TPSA) is 59.0 Å². The first-order chi connectivity index (χ1) is 9.56. The standard InChI is InChI=1S/C15H25NO4/c1-14(13(17)18)5-2-3-7-16(14)12-4-8-20-15(10-12)6-9-19-11-15/h12H,2-11H2,1H3,(H,17,18). The number of nitrogens with zero attached hydrogens (tertiary/aromatic N) is 1. The maximum Gasteiger partial charge on any atom is 0.323 e. The predicted octanol–water partition coefficient (Wildman–Crippen LogP) is 1.65. The second-order valence-electron chi connectivity index (χ2n) is 6.71. The average molecular weight is 283 g/mol. The Hall–Kier alpha value is -0.650. The van der Waals surface area contributed by atoms with E-state index in [0.29, 0.717) is 12.6 Å². The van der Waals surface area contributed by atoms with Crippen molar-refractivity contribution >= 4 is 5.97 Å². The molecule has 3 rings (SSSR count). The Labute approximate surface area is 120 Å². The Bertz CT molecular complexity index is 380. The van der Waals surface area contributed by atoms with E-state index >= 15 is 0 Å². The highest BCUT2D eigenvalue weighted by atomic mass is 16.6. The number of carbonyl (C=O) groups is 1. The smallest absolute Gasteiger partial charge is 0.323 e. The summed E-state index contributed by atoms with van der Waals surface area (Å²) >= 11 is 0. The van der Waals surface area contributed by atoms with Crippen LogP contribution in [-0.4, -0.2) is 59.5 Å². The molecule has 0 amide bonds. The van der Waals surface area contributed by atoms with E-state index in [1.54, 1.807) is 0 Å². The van der Waals surface area contributed by atoms with E-state index in [0.717, 1.165) is 58.3 Å². The van der Waals surface area contributed by atoms with Crippen molar-refractivity contribution in [3.8, 4) is 0 Å². The molecule has 0 aromatic heterocycles. The molecule has 0 radical (unpaired) electrons. The number of likely N-dealkylation sites (tertiary alicyclic amines) is 1. The largest absolute Gasteiger partial charge is 0.480 e. The average Bonchev–Trinajstić information content (AvgIpc) is 2.87. The quantitative estimate of drug-likeness (QED) is 0.835. The van der Waals surface area contributed by atoms with E-state index in [1.807, 2.05) is 6.92 Å². The number of hydrogen-bond donors (Lipinski definition) is 1. The molecule has 3 atom stereocenters. The number of hydrogen-bond acceptors (Lipinski definition) is 4. The zero-order valence-corrected chi connectivity index (χ0v) is 12.3. The van der Waals surface area contributed by atoms with Gasteiger partial charge in [-0.25, -0.2) is 0 Å². The fourth-order valence-electron chi connectivity index (χ4n) is 4.09. The maximum absolute atomic E-state index is 11.7. The third-order valence-corrected chi connectivity index (χ3v) is 5.38. The zero-order chi connectivity index (χ0) is 14.2. The van der Waals surface area contributed by atoms with Crippen molar-refractivity contribution in [3.63, 3.8) is 0 Å². The molecule has 0 aliphatic carbocycles. The van der Waals surface area contributed by atoms with Gasteiger partial charge < -0.3 is 14.6 Å². The molecule has 3 fully saturated rings. The summed E-state index contributed by atoms with van der Waals surface area (Å²) in [6.07, 6.45) is 5.66. The molecular formula is C15H25NO4. The van der Waals surface area contributed by atoms with E-state index in [4.69, 9.17) is 9.47 Å². The molecule has 3 saturated heterocycles. The van der Waals surface area contributed by atoms with Crippen molar-refractivity contribution in [2.24, 2.45) is 0 Å². The SMILES string of the molecule is CC1(C(=O)O)CCCCN1C1CCOC2(CCOC2)C1. The Balaban J connectivity index is 1.77. The molecule has 5 heteroatoms. The lowest BCUT2D eigenvalue weighted by Crippen LogP contribution is -2.61. The minimum atomic E-state index is -0.707. The van der Waals surface area contributed by atoms with Crippen molar-refractivity contribution < 1.29 is 19.4 Å². The van der Waals surface area contributed by atoms with Crippen LogP contribution in [0.15, 0.2) is 0 Å². The number of rotatable bonds is 2. The number of carboxylic acids is 1. The van der Waals surface area contributed by atoms with Gasteiger partial charge in [0.2, 0.25) is 0 Å². The van der Waals surface area contributed by atoms with Crippen molar-refractivity contribution in [3.05, 3.63) is 0 Å². The van der Waals surface area contributed by atoms with Gasteiger partial charge in [0.15, 0.2) is 0 Å². The molecule has 3 unspecified atom stereocenters. The van der Waals surface area contributed by atoms with Gasteiger partial charge in [-0.3, -0.25) is 9.69 Å². The summed E-state index contributed by atoms with van der Waals surface area (Å²) in [5.41, 5.74) is -0.860. The van der Waals surface area contributed by atoms with Crippen LogP contribution in [-0.2, 0) is 14.3 Å². The Morgan fingerprint density at radius 3 is 2.85 bits per heavy atom. The van der Waals surface area contributed by atoms with Gasteiger partial charge in [0, 0.05) is 25.7 Å². The van der Waals surface area contributed by atoms with Crippen LogP contribution in [0.4, 0.5) is 0 Å². The molecule has 0 aromatic rings. The maximum atomic E-state index is 11.7. The fourth-order valence-corrected chi connectivity index (χ4v) is 4.09. The third kappa shape index (κ3) is 2.36. The second-order valence-corrected chi connectivity index (χ2v) is 6.71. The zero-order valence-electron chi connectivity index (χ0n) is 12.3. The van der Waals surface area contributed by atoms with Gasteiger partial charge >= 0.3 is 5.97 Å². The molecule has 3 aliphatic rings. The van der Waals surface area contributed by atoms with E-state index in [1.165, 1.54) is 0 Å². The van der Waals surface area contributed by atoms with Crippen LogP contribution in [0.2, 0.25) is 0 Å². The summed E-state index contributed by atoms with van der Waals surface area (Å²) in [6.45, 7) is 4.94. The van der Waals surface area contributed by atoms with Crippen molar-refractivity contribution in [2.75, 3.05) is 26.4 Å². The van der Waals surface area contributed by atoms with Crippen LogP contribution in [0.3, 0.4) is 0 Å². The van der Waals surface area contributed by atoms with Gasteiger partial charge in [-0.05, 0) is 45.6 Å². The molecule has 5 nitrogen and oxygen atoms in total. The van der Waals surface area contributed by atoms with Crippen molar-refractivity contribution in [2.45, 2.75) is 62.6 Å². The number of aliphatic carboxylic acids is 1. The van der Waals surface area contributed by atoms with E-state index in [9.17, 15) is 9.90 Å². The van der Waals surface area contributed by atoms with Gasteiger partial charge in [0.05, 0.1) is 12.2 Å². The summed E-state index contributed by atoms with van der Waals surface area (Å²) < 4.78 is 11.5. The van der Waals surface area contributed by atoms with Crippen molar-refractivity contribution in [1.29, 1.82) is 0 Å². The van der Waals surface area contributed by atoms with Gasteiger partial charge in [-0.1, -0.05) is 0 Å². The lowest BCUT2D eigenvalue weighted by Gasteiger charge is -2.50. The van der Waals surface area contributed by atoms with Crippen LogP contribution in [0.1, 0.15) is 45.4 Å². The van der Waals surface area contributed by atoms with Gasteiger partial charge in [-0.15, -0.1) is 0 Å². The van der Waals surface area contributed by atoms with Gasteiger partial charge in [0.1, 0.15) is 5.54 Å². The van der Waals surface area contributed by atoms with E-state index in [-0.39, 0.29) is 5.60 Å². The fraction of sp³-hybridized carbons (Fsp3) is 0.933. The minimum Gasteiger partial charge on any atom is -0.480 e. The molecular weight excluding hydrogens is 258 g/mol. The van der Waals surface area contributed by atoms with Crippen molar-refractivity contribution in [1.82, 2.24) is 4.90 Å². The number of ether oxygens (including phenoxy) is 2. The summed E-state index contributed by atoms with van der Waals surface area (Å²) in [5, 5.41) is 9.66. The highest BCUT2D eigenvalue weighted by molar-refractivity contribution is 5.78. The molecule has 114 valence electrons. The molecule has 0 bridgehead atoms. The highest BCUT2D eigenvalue weighted by Crippen LogP contribution is 2.39. The molecule has 3 aliphatic heterocycles. The molecule has 0 aromatic carbocycles. The molecule has 3 heterocycles. The summed E-state index contributed by atoms with van der Waals surface area (Å²) in [4.78, 5) is 14.0. The molecule has 1 spiro atoms.